The van der Waals surface area contributed by atoms with Crippen LogP contribution in [0.1, 0.15) is 18.5 Å². The first kappa shape index (κ1) is 15.7. The predicted molar refractivity (Wildman–Crippen MR) is 83.2 cm³/mol. The summed E-state index contributed by atoms with van der Waals surface area (Å²) in [5.41, 5.74) is 0.446. The first-order valence-electron chi connectivity index (χ1n) is 6.33. The Morgan fingerprint density at radius 3 is 2.23 bits per heavy atom. The van der Waals surface area contributed by atoms with Gasteiger partial charge in [-0.05, 0) is 30.7 Å². The Morgan fingerprint density at radius 1 is 1.05 bits per heavy atom. The van der Waals surface area contributed by atoms with Crippen molar-refractivity contribution in [2.45, 2.75) is 13.0 Å². The molecule has 8 heteroatoms. The molecule has 114 valence electrons. The van der Waals surface area contributed by atoms with Crippen LogP contribution in [-0.4, -0.2) is 9.85 Å². The number of nitrogens with one attached hydrogen (secondary N) is 1. The maximum absolute atomic E-state index is 11.1. The zero-order chi connectivity index (χ0) is 16.3. The number of rotatable bonds is 5. The zero-order valence-electron chi connectivity index (χ0n) is 11.5. The van der Waals surface area contributed by atoms with Crippen LogP contribution >= 0.6 is 11.6 Å². The van der Waals surface area contributed by atoms with Gasteiger partial charge in [0.1, 0.15) is 5.69 Å². The largest absolute Gasteiger partial charge is 0.373 e. The molecule has 0 spiro atoms. The number of anilines is 1. The molecule has 1 N–H and O–H groups in total. The quantitative estimate of drug-likeness (QED) is 0.652. The minimum Gasteiger partial charge on any atom is -0.373 e. The first-order valence-corrected chi connectivity index (χ1v) is 6.71. The van der Waals surface area contributed by atoms with Crippen molar-refractivity contribution < 1.29 is 9.85 Å². The summed E-state index contributed by atoms with van der Waals surface area (Å²) in [7, 11) is 0. The van der Waals surface area contributed by atoms with Crippen LogP contribution < -0.4 is 5.32 Å². The molecule has 2 aromatic carbocycles. The molecule has 0 fully saturated rings. The molecule has 0 radical (unpaired) electrons. The topological polar surface area (TPSA) is 98.3 Å². The first-order chi connectivity index (χ1) is 10.4. The average molecular weight is 322 g/mol. The summed E-state index contributed by atoms with van der Waals surface area (Å²) in [6, 6.07) is 10.3. The van der Waals surface area contributed by atoms with Crippen molar-refractivity contribution in [2.75, 3.05) is 5.32 Å². The molecule has 22 heavy (non-hydrogen) atoms. The zero-order valence-corrected chi connectivity index (χ0v) is 12.3. The van der Waals surface area contributed by atoms with Gasteiger partial charge in [0.25, 0.3) is 11.4 Å². The molecular weight excluding hydrogens is 310 g/mol. The maximum Gasteiger partial charge on any atom is 0.299 e. The molecule has 0 saturated carbocycles. The van der Waals surface area contributed by atoms with Crippen molar-refractivity contribution in [1.82, 2.24) is 0 Å². The summed E-state index contributed by atoms with van der Waals surface area (Å²) in [4.78, 5) is 20.5. The molecule has 2 aromatic rings. The monoisotopic (exact) mass is 321 g/mol. The van der Waals surface area contributed by atoms with Crippen molar-refractivity contribution in [3.8, 4) is 0 Å². The van der Waals surface area contributed by atoms with E-state index >= 15 is 0 Å². The summed E-state index contributed by atoms with van der Waals surface area (Å²) in [6.07, 6.45) is 0. The SMILES string of the molecule is C[C@H](Nc1ccc([N+](=O)[O-])cc1[N+](=O)[O-])c1ccc(Cl)cc1. The van der Waals surface area contributed by atoms with Crippen molar-refractivity contribution in [3.05, 3.63) is 73.3 Å². The molecule has 0 aliphatic heterocycles. The molecule has 0 bridgehead atoms. The van der Waals surface area contributed by atoms with Gasteiger partial charge in [-0.2, -0.15) is 0 Å². The molecule has 0 aliphatic rings. The second-order valence-corrected chi connectivity index (χ2v) is 5.07. The van der Waals surface area contributed by atoms with Crippen LogP contribution in [0.3, 0.4) is 0 Å². The molecule has 0 amide bonds. The molecule has 7 nitrogen and oxygen atoms in total. The van der Waals surface area contributed by atoms with Gasteiger partial charge in [0.05, 0.1) is 15.9 Å². The van der Waals surface area contributed by atoms with Gasteiger partial charge in [0.15, 0.2) is 0 Å². The lowest BCUT2D eigenvalue weighted by atomic mass is 10.1. The van der Waals surface area contributed by atoms with Gasteiger partial charge in [-0.3, -0.25) is 20.2 Å². The third-order valence-electron chi connectivity index (χ3n) is 3.13. The molecule has 1 atom stereocenters. The number of hydrogen-bond acceptors (Lipinski definition) is 5. The van der Waals surface area contributed by atoms with Gasteiger partial charge in [-0.25, -0.2) is 0 Å². The third-order valence-corrected chi connectivity index (χ3v) is 3.38. The van der Waals surface area contributed by atoms with Gasteiger partial charge in [0, 0.05) is 17.1 Å². The van der Waals surface area contributed by atoms with Crippen molar-refractivity contribution in [3.63, 3.8) is 0 Å². The Hall–Kier alpha value is -2.67. The van der Waals surface area contributed by atoms with Crippen LogP contribution in [0.25, 0.3) is 0 Å². The molecule has 0 aliphatic carbocycles. The van der Waals surface area contributed by atoms with E-state index in [2.05, 4.69) is 5.32 Å². The summed E-state index contributed by atoms with van der Waals surface area (Å²) in [6.45, 7) is 1.83. The summed E-state index contributed by atoms with van der Waals surface area (Å²) < 4.78 is 0. The summed E-state index contributed by atoms with van der Waals surface area (Å²) in [5.74, 6) is 0. The fraction of sp³-hybridized carbons (Fsp3) is 0.143. The Bertz CT molecular complexity index is 719. The highest BCUT2D eigenvalue weighted by atomic mass is 35.5. The second-order valence-electron chi connectivity index (χ2n) is 4.63. The van der Waals surface area contributed by atoms with Crippen molar-refractivity contribution in [2.24, 2.45) is 0 Å². The molecule has 0 saturated heterocycles. The highest BCUT2D eigenvalue weighted by molar-refractivity contribution is 6.30. The number of nitrogens with zero attached hydrogens (tertiary/aromatic N) is 2. The maximum atomic E-state index is 11.1. The smallest absolute Gasteiger partial charge is 0.299 e. The van der Waals surface area contributed by atoms with Crippen LogP contribution in [-0.2, 0) is 0 Å². The van der Waals surface area contributed by atoms with Crippen LogP contribution in [0.4, 0.5) is 17.1 Å². The van der Waals surface area contributed by atoms with E-state index < -0.39 is 9.85 Å². The molecule has 0 unspecified atom stereocenters. The molecular formula is C14H12ClN3O4. The van der Waals surface area contributed by atoms with E-state index in [-0.39, 0.29) is 23.1 Å². The van der Waals surface area contributed by atoms with Crippen LogP contribution in [0.15, 0.2) is 42.5 Å². The van der Waals surface area contributed by atoms with Gasteiger partial charge >= 0.3 is 0 Å². The summed E-state index contributed by atoms with van der Waals surface area (Å²) >= 11 is 5.82. The minimum atomic E-state index is -0.667. The normalized spacial score (nSPS) is 11.7. The van der Waals surface area contributed by atoms with Crippen LogP contribution in [0.5, 0.6) is 0 Å². The number of nitro groups is 2. The predicted octanol–water partition coefficient (Wildman–Crippen LogP) is 4.33. The molecule has 0 heterocycles. The van der Waals surface area contributed by atoms with E-state index in [0.29, 0.717) is 5.02 Å². The minimum absolute atomic E-state index is 0.220. The molecule has 2 rings (SSSR count). The average Bonchev–Trinajstić information content (AvgIpc) is 2.47. The second kappa shape index (κ2) is 6.40. The highest BCUT2D eigenvalue weighted by Crippen LogP contribution is 2.31. The lowest BCUT2D eigenvalue weighted by Crippen LogP contribution is -2.08. The van der Waals surface area contributed by atoms with Gasteiger partial charge in [-0.15, -0.1) is 0 Å². The Balaban J connectivity index is 2.30. The Kier molecular flexibility index (Phi) is 4.57. The standard InChI is InChI=1S/C14H12ClN3O4/c1-9(10-2-4-11(15)5-3-10)16-13-7-6-12(17(19)20)8-14(13)18(21)22/h2-9,16H,1H3/t9-/m0/s1. The number of halogens is 1. The van der Waals surface area contributed by atoms with Crippen LogP contribution in [0, 0.1) is 20.2 Å². The van der Waals surface area contributed by atoms with Crippen molar-refractivity contribution >= 4 is 28.7 Å². The Labute approximate surface area is 130 Å². The number of nitro benzene ring substituents is 2. The lowest BCUT2D eigenvalue weighted by Gasteiger charge is -2.15. The van der Waals surface area contributed by atoms with E-state index in [4.69, 9.17) is 11.6 Å². The fourth-order valence-corrected chi connectivity index (χ4v) is 2.10. The van der Waals surface area contributed by atoms with Gasteiger partial charge < -0.3 is 5.32 Å². The van der Waals surface area contributed by atoms with Crippen molar-refractivity contribution in [1.29, 1.82) is 0 Å². The van der Waals surface area contributed by atoms with E-state index in [9.17, 15) is 20.2 Å². The highest BCUT2D eigenvalue weighted by Gasteiger charge is 2.20. The van der Waals surface area contributed by atoms with E-state index in [1.807, 2.05) is 6.92 Å². The number of benzene rings is 2. The fourth-order valence-electron chi connectivity index (χ4n) is 1.97. The van der Waals surface area contributed by atoms with Gasteiger partial charge in [-0.1, -0.05) is 23.7 Å². The third kappa shape index (κ3) is 3.50. The molecule has 0 aromatic heterocycles. The van der Waals surface area contributed by atoms with E-state index in [1.165, 1.54) is 12.1 Å². The number of hydrogen-bond donors (Lipinski definition) is 1. The van der Waals surface area contributed by atoms with Crippen LogP contribution in [0.2, 0.25) is 5.02 Å². The van der Waals surface area contributed by atoms with E-state index in [0.717, 1.165) is 11.6 Å². The number of non-ortho nitro benzene ring substituents is 1. The Morgan fingerprint density at radius 2 is 1.68 bits per heavy atom. The van der Waals surface area contributed by atoms with E-state index in [1.54, 1.807) is 24.3 Å². The summed E-state index contributed by atoms with van der Waals surface area (Å²) in [5, 5.41) is 25.4. The lowest BCUT2D eigenvalue weighted by molar-refractivity contribution is -0.393. The van der Waals surface area contributed by atoms with Gasteiger partial charge in [0.2, 0.25) is 0 Å².